The number of fused-ring (bicyclic) bond motifs is 14. The summed E-state index contributed by atoms with van der Waals surface area (Å²) in [6.07, 6.45) is 3.72. The van der Waals surface area contributed by atoms with E-state index in [0.717, 1.165) is 154 Å². The lowest BCUT2D eigenvalue weighted by atomic mass is 9.95. The topological polar surface area (TPSA) is 77.3 Å². The fraction of sp³-hybridized carbons (Fsp3) is 0. The molecule has 19 rings (SSSR count). The van der Waals surface area contributed by atoms with Crippen molar-refractivity contribution in [2.45, 2.75) is 0 Å². The molecule has 0 N–H and O–H groups in total. The van der Waals surface area contributed by atoms with E-state index in [-0.39, 0.29) is 0 Å². The van der Waals surface area contributed by atoms with Crippen molar-refractivity contribution < 1.29 is 0 Å². The van der Waals surface area contributed by atoms with Crippen molar-refractivity contribution in [3.8, 4) is 67.3 Å². The van der Waals surface area contributed by atoms with Gasteiger partial charge in [-0.15, -0.1) is 0 Å². The van der Waals surface area contributed by atoms with E-state index in [4.69, 9.17) is 19.9 Å². The summed E-state index contributed by atoms with van der Waals surface area (Å²) in [4.78, 5) is 29.7. The number of hydrogen-bond donors (Lipinski definition) is 0. The Morgan fingerprint density at radius 2 is 0.489 bits per heavy atom. The predicted molar refractivity (Wildman–Crippen MR) is 385 cm³/mol. The molecule has 0 fully saturated rings. The molecule has 0 amide bonds. The third-order valence-electron chi connectivity index (χ3n) is 18.3. The van der Waals surface area contributed by atoms with Crippen molar-refractivity contribution >= 4 is 119 Å². The Kier molecular flexibility index (Phi) is 12.5. The fourth-order valence-corrected chi connectivity index (χ4v) is 13.7. The number of rotatable bonds is 6. The molecule has 0 spiro atoms. The maximum absolute atomic E-state index is 5.15. The monoisotopic (exact) mass is 1170 g/mol. The van der Waals surface area contributed by atoms with E-state index in [0.29, 0.717) is 0 Å². The van der Waals surface area contributed by atoms with Crippen LogP contribution in [0.15, 0.2) is 316 Å². The first-order valence-electron chi connectivity index (χ1n) is 31.1. The first-order valence-corrected chi connectivity index (χ1v) is 31.1. The predicted octanol–water partition coefficient (Wildman–Crippen LogP) is 22.4. The molecule has 92 heavy (non-hydrogen) atoms. The van der Waals surface area contributed by atoms with Crippen LogP contribution in [0.1, 0.15) is 0 Å². The second-order valence-corrected chi connectivity index (χ2v) is 23.8. The normalized spacial score (nSPS) is 11.7. The Morgan fingerprint density at radius 3 is 0.957 bits per heavy atom. The van der Waals surface area contributed by atoms with Crippen LogP contribution in [0.3, 0.4) is 0 Å². The molecule has 0 saturated heterocycles. The molecule has 6 aromatic heterocycles. The molecule has 0 aliphatic rings. The van der Waals surface area contributed by atoms with Crippen LogP contribution in [-0.4, -0.2) is 29.9 Å². The van der Waals surface area contributed by atoms with Crippen molar-refractivity contribution in [1.29, 1.82) is 0 Å². The van der Waals surface area contributed by atoms with Gasteiger partial charge in [0.25, 0.3) is 0 Å². The number of aromatic nitrogens is 6. The largest absolute Gasteiger partial charge is 0.256 e. The minimum Gasteiger partial charge on any atom is -0.256 e. The Morgan fingerprint density at radius 1 is 0.174 bits per heavy atom. The van der Waals surface area contributed by atoms with Crippen molar-refractivity contribution in [2.75, 3.05) is 0 Å². The van der Waals surface area contributed by atoms with Crippen LogP contribution in [-0.2, 0) is 0 Å². The van der Waals surface area contributed by atoms with Crippen LogP contribution < -0.4 is 0 Å². The molecule has 13 aromatic carbocycles. The molecule has 0 aliphatic heterocycles. The molecule has 6 heteroatoms. The van der Waals surface area contributed by atoms with E-state index in [9.17, 15) is 0 Å². The summed E-state index contributed by atoms with van der Waals surface area (Å²) >= 11 is 0. The zero-order valence-corrected chi connectivity index (χ0v) is 49.7. The highest BCUT2D eigenvalue weighted by Gasteiger charge is 2.16. The maximum Gasteiger partial charge on any atom is 0.0780 e. The minimum atomic E-state index is 0.962. The van der Waals surface area contributed by atoms with Gasteiger partial charge in [-0.1, -0.05) is 194 Å². The van der Waals surface area contributed by atoms with Gasteiger partial charge in [-0.2, -0.15) is 0 Å². The van der Waals surface area contributed by atoms with Gasteiger partial charge in [0.15, 0.2) is 0 Å². The molecule has 0 radical (unpaired) electrons. The zero-order chi connectivity index (χ0) is 60.6. The number of hydrogen-bond acceptors (Lipinski definition) is 6. The Bertz CT molecular complexity index is 6030. The van der Waals surface area contributed by atoms with Gasteiger partial charge in [-0.25, -0.2) is 19.9 Å². The number of nitrogens with zero attached hydrogens (tertiary/aromatic N) is 6. The van der Waals surface area contributed by atoms with E-state index < -0.39 is 0 Å². The quantitative estimate of drug-likeness (QED) is 0.154. The fourth-order valence-electron chi connectivity index (χ4n) is 13.7. The molecular formula is C86H52N6. The van der Waals surface area contributed by atoms with Gasteiger partial charge in [-0.05, 0) is 175 Å². The summed E-state index contributed by atoms with van der Waals surface area (Å²) in [5, 5.41) is 18.7. The van der Waals surface area contributed by atoms with E-state index in [1.807, 2.05) is 24.5 Å². The van der Waals surface area contributed by atoms with Crippen LogP contribution in [0.4, 0.5) is 0 Å². The Hall–Kier alpha value is -12.4. The molecule has 0 saturated carbocycles. The zero-order valence-electron chi connectivity index (χ0n) is 49.7. The lowest BCUT2D eigenvalue weighted by Gasteiger charge is -2.12. The van der Waals surface area contributed by atoms with Crippen molar-refractivity contribution in [1.82, 2.24) is 29.9 Å². The lowest BCUT2D eigenvalue weighted by Crippen LogP contribution is -1.90. The average molecular weight is 1170 g/mol. The molecule has 6 nitrogen and oxygen atoms in total. The molecule has 0 unspecified atom stereocenters. The average Bonchev–Trinajstić information content (AvgIpc) is 0.850. The van der Waals surface area contributed by atoms with Gasteiger partial charge in [0.1, 0.15) is 0 Å². The summed E-state index contributed by atoms with van der Waals surface area (Å²) in [6, 6.07) is 107. The van der Waals surface area contributed by atoms with Crippen molar-refractivity contribution in [3.05, 3.63) is 316 Å². The van der Waals surface area contributed by atoms with Gasteiger partial charge in [0.2, 0.25) is 0 Å². The highest BCUT2D eigenvalue weighted by atomic mass is 14.7. The van der Waals surface area contributed by atoms with Gasteiger partial charge in [-0.3, -0.25) is 9.97 Å². The van der Waals surface area contributed by atoms with Crippen LogP contribution >= 0.6 is 0 Å². The summed E-state index contributed by atoms with van der Waals surface area (Å²) in [6.45, 7) is 0. The number of pyridine rings is 6. The highest BCUT2D eigenvalue weighted by Crippen LogP contribution is 2.40. The third-order valence-corrected chi connectivity index (χ3v) is 18.3. The third kappa shape index (κ3) is 9.28. The highest BCUT2D eigenvalue weighted by molar-refractivity contribution is 6.15. The molecule has 0 bridgehead atoms. The van der Waals surface area contributed by atoms with Gasteiger partial charge < -0.3 is 0 Å². The maximum atomic E-state index is 5.15. The van der Waals surface area contributed by atoms with Gasteiger partial charge >= 0.3 is 0 Å². The standard InChI is InChI=1S/C45H27N3.C41H25N3/c1-2-10-34-30(8-1)26-39(36-12-4-3-11-35(34)36)43-21-17-31-24-28(15-19-41(31)47-43)29-16-20-42-32(25-29)18-22-44(48-42)40-27-33-9-7-23-46-45(33)38-14-6-5-13-37(38)40;1-2-7-27-22-30(12-11-26(27)6-1)38-19-15-31-23-28(13-17-37(31)43-38)29-14-18-39-32(24-29)16-20-40(44-39)36-25-33-8-5-21-42-41(33)35-10-4-3-9-34(35)36/h1-27H;1-25H. The first-order chi connectivity index (χ1) is 45.5. The van der Waals surface area contributed by atoms with E-state index in [2.05, 4.69) is 301 Å². The SMILES string of the molecule is c1ccc2c(c1)cc(-c1ccc3cc(-c4ccc5nc(-c6cc7cccnc7c7ccccc67)ccc5c4)ccc3n1)c1ccccc12.c1ccc2cc(-c3ccc4cc(-c5ccc6nc(-c7cc8cccnc8c8ccccc78)ccc6c5)ccc4n3)ccc2c1. The molecule has 6 heterocycles. The Balaban J connectivity index is 0.000000136. The molecule has 19 aromatic rings. The van der Waals surface area contributed by atoms with Crippen LogP contribution in [0.5, 0.6) is 0 Å². The minimum absolute atomic E-state index is 0.962. The van der Waals surface area contributed by atoms with E-state index >= 15 is 0 Å². The van der Waals surface area contributed by atoms with Gasteiger partial charge in [0.05, 0.1) is 55.9 Å². The number of benzene rings is 13. The molecular weight excluding hydrogens is 1120 g/mol. The summed E-state index contributed by atoms with van der Waals surface area (Å²) in [5.41, 5.74) is 19.0. The summed E-state index contributed by atoms with van der Waals surface area (Å²) < 4.78 is 0. The van der Waals surface area contributed by atoms with Crippen molar-refractivity contribution in [2.24, 2.45) is 0 Å². The molecule has 0 atom stereocenters. The Labute approximate surface area is 529 Å². The van der Waals surface area contributed by atoms with Crippen LogP contribution in [0.25, 0.3) is 187 Å². The first kappa shape index (κ1) is 52.7. The van der Waals surface area contributed by atoms with E-state index in [1.54, 1.807) is 0 Å². The summed E-state index contributed by atoms with van der Waals surface area (Å²) in [5.74, 6) is 0. The van der Waals surface area contributed by atoms with Crippen molar-refractivity contribution in [3.63, 3.8) is 0 Å². The molecule has 426 valence electrons. The van der Waals surface area contributed by atoms with Crippen LogP contribution in [0, 0.1) is 0 Å². The second kappa shape index (κ2) is 21.7. The van der Waals surface area contributed by atoms with E-state index in [1.165, 1.54) is 32.3 Å². The lowest BCUT2D eigenvalue weighted by molar-refractivity contribution is 1.40. The van der Waals surface area contributed by atoms with Gasteiger partial charge in [0, 0.05) is 77.7 Å². The molecule has 0 aliphatic carbocycles. The van der Waals surface area contributed by atoms with Crippen LogP contribution in [0.2, 0.25) is 0 Å². The smallest absolute Gasteiger partial charge is 0.0780 e. The second-order valence-electron chi connectivity index (χ2n) is 23.8. The summed E-state index contributed by atoms with van der Waals surface area (Å²) in [7, 11) is 0.